The normalized spacial score (nSPS) is 10.7. The van der Waals surface area contributed by atoms with E-state index in [-0.39, 0.29) is 11.1 Å². The molecule has 1 heterocycles. The minimum absolute atomic E-state index is 0.0400. The average Bonchev–Trinajstić information content (AvgIpc) is 2.78. The number of Topliss-reactive ketones (excluding diaryl/α,β-unsaturated/α-hetero) is 1. The Bertz CT molecular complexity index is 1320. The Labute approximate surface area is 193 Å². The molecule has 4 N–H and O–H groups in total. The van der Waals surface area contributed by atoms with E-state index in [0.717, 1.165) is 6.07 Å². The van der Waals surface area contributed by atoms with Crippen LogP contribution in [0.4, 0.5) is 19.0 Å². The minimum Gasteiger partial charge on any atom is -0.387 e. The van der Waals surface area contributed by atoms with Gasteiger partial charge in [-0.05, 0) is 55.0 Å². The maximum atomic E-state index is 13.3. The fraction of sp³-hybridized carbons (Fsp3) is 0.120. The molecule has 0 unspecified atom stereocenters. The summed E-state index contributed by atoms with van der Waals surface area (Å²) in [6.45, 7) is 1.74. The van der Waals surface area contributed by atoms with Gasteiger partial charge in [-0.15, -0.1) is 0 Å². The SMILES string of the molecule is Cc1ccc(C#Cc2cc(C(=O)CC(=N)N)cc(C(F)(F)F)c2)cc1C(=O)Nc1ccccn1. The Morgan fingerprint density at radius 2 is 1.79 bits per heavy atom. The van der Waals surface area contributed by atoms with Crippen LogP contribution in [-0.4, -0.2) is 22.5 Å². The molecule has 172 valence electrons. The first-order chi connectivity index (χ1) is 16.0. The largest absolute Gasteiger partial charge is 0.416 e. The van der Waals surface area contributed by atoms with Crippen LogP contribution in [0.25, 0.3) is 0 Å². The summed E-state index contributed by atoms with van der Waals surface area (Å²) >= 11 is 0. The number of benzene rings is 2. The Morgan fingerprint density at radius 1 is 1.06 bits per heavy atom. The number of nitrogens with two attached hydrogens (primary N) is 1. The Balaban J connectivity index is 1.94. The summed E-state index contributed by atoms with van der Waals surface area (Å²) in [5, 5.41) is 9.88. The van der Waals surface area contributed by atoms with E-state index >= 15 is 0 Å². The average molecular weight is 464 g/mol. The molecule has 2 aromatic carbocycles. The lowest BCUT2D eigenvalue weighted by Gasteiger charge is -2.10. The number of aryl methyl sites for hydroxylation is 1. The van der Waals surface area contributed by atoms with Crippen molar-refractivity contribution in [3.05, 3.63) is 94.2 Å². The second-order valence-corrected chi connectivity index (χ2v) is 7.37. The minimum atomic E-state index is -4.69. The van der Waals surface area contributed by atoms with Gasteiger partial charge in [0.1, 0.15) is 5.82 Å². The number of aromatic nitrogens is 1. The van der Waals surface area contributed by atoms with Gasteiger partial charge in [0.25, 0.3) is 5.91 Å². The first-order valence-electron chi connectivity index (χ1n) is 9.96. The van der Waals surface area contributed by atoms with Crippen molar-refractivity contribution in [3.8, 4) is 11.8 Å². The van der Waals surface area contributed by atoms with E-state index in [1.54, 1.807) is 37.3 Å². The van der Waals surface area contributed by atoms with E-state index in [4.69, 9.17) is 11.1 Å². The fourth-order valence-electron chi connectivity index (χ4n) is 3.01. The van der Waals surface area contributed by atoms with Gasteiger partial charge in [-0.25, -0.2) is 4.98 Å². The first-order valence-corrected chi connectivity index (χ1v) is 9.96. The molecule has 3 rings (SSSR count). The van der Waals surface area contributed by atoms with Crippen LogP contribution < -0.4 is 11.1 Å². The van der Waals surface area contributed by atoms with E-state index < -0.39 is 35.7 Å². The van der Waals surface area contributed by atoms with Gasteiger partial charge in [0.05, 0.1) is 17.8 Å². The number of amides is 1. The third-order valence-electron chi connectivity index (χ3n) is 4.67. The highest BCUT2D eigenvalue weighted by molar-refractivity contribution is 6.08. The smallest absolute Gasteiger partial charge is 0.387 e. The monoisotopic (exact) mass is 464 g/mol. The molecule has 0 saturated heterocycles. The van der Waals surface area contributed by atoms with Crippen molar-refractivity contribution in [2.24, 2.45) is 5.73 Å². The number of halogens is 3. The number of rotatable bonds is 5. The second-order valence-electron chi connectivity index (χ2n) is 7.37. The van der Waals surface area contributed by atoms with Gasteiger partial charge in [-0.2, -0.15) is 13.2 Å². The lowest BCUT2D eigenvalue weighted by molar-refractivity contribution is -0.137. The van der Waals surface area contributed by atoms with Crippen molar-refractivity contribution < 1.29 is 22.8 Å². The zero-order valence-electron chi connectivity index (χ0n) is 18.0. The molecule has 0 bridgehead atoms. The van der Waals surface area contributed by atoms with Crippen molar-refractivity contribution in [2.45, 2.75) is 19.5 Å². The van der Waals surface area contributed by atoms with E-state index in [2.05, 4.69) is 22.1 Å². The number of nitrogens with zero attached hydrogens (tertiary/aromatic N) is 1. The highest BCUT2D eigenvalue weighted by Crippen LogP contribution is 2.31. The molecule has 0 radical (unpaired) electrons. The molecule has 0 spiro atoms. The Hall–Kier alpha value is -4.45. The number of anilines is 1. The molecule has 1 amide bonds. The predicted octanol–water partition coefficient (Wildman–Crippen LogP) is 4.57. The number of hydrogen-bond acceptors (Lipinski definition) is 4. The summed E-state index contributed by atoms with van der Waals surface area (Å²) in [7, 11) is 0. The highest BCUT2D eigenvalue weighted by Gasteiger charge is 2.31. The summed E-state index contributed by atoms with van der Waals surface area (Å²) in [5.41, 5.74) is 5.29. The van der Waals surface area contributed by atoms with Crippen LogP contribution in [0.3, 0.4) is 0 Å². The lowest BCUT2D eigenvalue weighted by Crippen LogP contribution is -2.16. The van der Waals surface area contributed by atoms with Gasteiger partial charge in [-0.3, -0.25) is 15.0 Å². The fourth-order valence-corrected chi connectivity index (χ4v) is 3.01. The zero-order valence-corrected chi connectivity index (χ0v) is 18.0. The third-order valence-corrected chi connectivity index (χ3v) is 4.67. The van der Waals surface area contributed by atoms with Crippen LogP contribution in [0.15, 0.2) is 60.8 Å². The number of nitrogens with one attached hydrogen (secondary N) is 2. The summed E-state index contributed by atoms with van der Waals surface area (Å²) in [4.78, 5) is 28.9. The molecule has 0 saturated carbocycles. The maximum Gasteiger partial charge on any atom is 0.416 e. The van der Waals surface area contributed by atoms with Crippen molar-refractivity contribution in [1.29, 1.82) is 5.41 Å². The molecule has 34 heavy (non-hydrogen) atoms. The second kappa shape index (κ2) is 10.0. The number of alkyl halides is 3. The predicted molar refractivity (Wildman–Crippen MR) is 122 cm³/mol. The van der Waals surface area contributed by atoms with Crippen molar-refractivity contribution in [1.82, 2.24) is 4.98 Å². The van der Waals surface area contributed by atoms with E-state index in [1.165, 1.54) is 18.3 Å². The molecule has 9 heteroatoms. The molecule has 0 aliphatic rings. The molecule has 0 atom stereocenters. The summed E-state index contributed by atoms with van der Waals surface area (Å²) < 4.78 is 40.0. The lowest BCUT2D eigenvalue weighted by atomic mass is 10.00. The number of carbonyl (C=O) groups is 2. The number of amidine groups is 1. The molecule has 3 aromatic rings. The van der Waals surface area contributed by atoms with Crippen molar-refractivity contribution in [3.63, 3.8) is 0 Å². The number of hydrogen-bond donors (Lipinski definition) is 3. The molecule has 0 aliphatic carbocycles. The van der Waals surface area contributed by atoms with Gasteiger partial charge in [0, 0.05) is 28.5 Å². The van der Waals surface area contributed by atoms with Crippen molar-refractivity contribution in [2.75, 3.05) is 5.32 Å². The summed E-state index contributed by atoms with van der Waals surface area (Å²) in [6.07, 6.45) is -3.65. The molecule has 6 nitrogen and oxygen atoms in total. The van der Waals surface area contributed by atoms with Crippen LogP contribution in [0, 0.1) is 24.2 Å². The van der Waals surface area contributed by atoms with E-state index in [0.29, 0.717) is 28.6 Å². The Morgan fingerprint density at radius 3 is 2.44 bits per heavy atom. The highest BCUT2D eigenvalue weighted by atomic mass is 19.4. The van der Waals surface area contributed by atoms with E-state index in [1.807, 2.05) is 0 Å². The van der Waals surface area contributed by atoms with Crippen LogP contribution >= 0.6 is 0 Å². The van der Waals surface area contributed by atoms with Crippen LogP contribution in [0.1, 0.15) is 49.4 Å². The Kier molecular flexibility index (Phi) is 7.12. The van der Waals surface area contributed by atoms with Gasteiger partial charge in [0.2, 0.25) is 0 Å². The van der Waals surface area contributed by atoms with Crippen molar-refractivity contribution >= 4 is 23.3 Å². The van der Waals surface area contributed by atoms with Crippen LogP contribution in [0.5, 0.6) is 0 Å². The topological polar surface area (TPSA) is 109 Å². The van der Waals surface area contributed by atoms with Crippen LogP contribution in [0.2, 0.25) is 0 Å². The standard InChI is InChI=1S/C25H19F3N4O2/c1-15-5-6-16(12-20(15)24(34)32-23-4-2-3-9-31-23)7-8-17-10-18(21(33)14-22(29)30)13-19(11-17)25(26,27)28/h2-6,9-13H,14H2,1H3,(H3,29,30)(H,31,32,34). The van der Waals surface area contributed by atoms with Gasteiger partial charge >= 0.3 is 6.18 Å². The van der Waals surface area contributed by atoms with E-state index in [9.17, 15) is 22.8 Å². The quantitative estimate of drug-likeness (QED) is 0.222. The maximum absolute atomic E-state index is 13.3. The van der Waals surface area contributed by atoms with Gasteiger partial charge in [0.15, 0.2) is 5.78 Å². The zero-order chi connectivity index (χ0) is 24.9. The number of carbonyl (C=O) groups excluding carboxylic acids is 2. The van der Waals surface area contributed by atoms with Crippen LogP contribution in [-0.2, 0) is 6.18 Å². The molecular weight excluding hydrogens is 445 g/mol. The first kappa shape index (κ1) is 24.2. The molecular formula is C25H19F3N4O2. The molecule has 0 fully saturated rings. The number of pyridine rings is 1. The number of ketones is 1. The molecule has 0 aliphatic heterocycles. The summed E-state index contributed by atoms with van der Waals surface area (Å²) in [5.74, 6) is 4.16. The summed E-state index contributed by atoms with van der Waals surface area (Å²) in [6, 6.07) is 12.7. The third kappa shape index (κ3) is 6.29. The molecule has 1 aromatic heterocycles. The van der Waals surface area contributed by atoms with Gasteiger partial charge < -0.3 is 11.1 Å². The van der Waals surface area contributed by atoms with Gasteiger partial charge in [-0.1, -0.05) is 24.0 Å².